The SMILES string of the molecule is CNc1c(Cl)cc(C[C@@H](NC(=O)N2CCC(n3nc(-c4ccccc4)[nH]c3=O)CC2)C(=O)N2CCC(N3CCNCC3)CC2)cc1C(F)(F)F. The van der Waals surface area contributed by atoms with E-state index in [1.54, 1.807) is 9.80 Å². The molecule has 0 bridgehead atoms. The molecule has 3 amide bonds. The molecule has 0 saturated carbocycles. The number of aromatic amines is 1. The molecule has 3 aromatic rings. The average Bonchev–Trinajstić information content (AvgIpc) is 3.52. The molecule has 50 heavy (non-hydrogen) atoms. The standard InChI is InChI=1S/C34H43ClF3N9O3/c1-39-29-26(34(36,37)38)19-22(20-27(29)35)21-28(31(48)45-13-7-24(8-14-45)44-17-11-40-12-18-44)41-32(49)46-15-9-25(10-16-46)47-33(50)42-30(43-47)23-5-3-2-4-6-23/h2-6,19-20,24-25,28,39-40H,7-18,21H2,1H3,(H,41,49)(H,42,43,50)/t28-/m1/s1. The number of urea groups is 1. The van der Waals surface area contributed by atoms with Gasteiger partial charge in [-0.2, -0.15) is 13.2 Å². The number of hydrogen-bond acceptors (Lipinski definition) is 7. The monoisotopic (exact) mass is 717 g/mol. The van der Waals surface area contributed by atoms with Crippen molar-refractivity contribution < 1.29 is 22.8 Å². The molecule has 6 rings (SSSR count). The third-order valence-electron chi connectivity index (χ3n) is 9.97. The Morgan fingerprint density at radius 1 is 0.960 bits per heavy atom. The molecule has 4 N–H and O–H groups in total. The molecule has 0 radical (unpaired) electrons. The Morgan fingerprint density at radius 2 is 1.60 bits per heavy atom. The Labute approximate surface area is 293 Å². The molecule has 3 fully saturated rings. The first-order valence-corrected chi connectivity index (χ1v) is 17.5. The van der Waals surface area contributed by atoms with Crippen molar-refractivity contribution in [1.82, 2.24) is 40.1 Å². The van der Waals surface area contributed by atoms with E-state index in [2.05, 4.69) is 30.9 Å². The lowest BCUT2D eigenvalue weighted by atomic mass is 9.98. The summed E-state index contributed by atoms with van der Waals surface area (Å²) >= 11 is 6.29. The lowest BCUT2D eigenvalue weighted by molar-refractivity contribution is -0.137. The highest BCUT2D eigenvalue weighted by molar-refractivity contribution is 6.33. The number of halogens is 4. The Kier molecular flexibility index (Phi) is 11.0. The highest BCUT2D eigenvalue weighted by Gasteiger charge is 2.37. The molecule has 3 aliphatic rings. The number of rotatable bonds is 8. The van der Waals surface area contributed by atoms with Crippen LogP contribution >= 0.6 is 11.6 Å². The molecule has 0 unspecified atom stereocenters. The zero-order valence-electron chi connectivity index (χ0n) is 27.9. The lowest BCUT2D eigenvalue weighted by Crippen LogP contribution is -2.57. The maximum Gasteiger partial charge on any atom is 0.418 e. The van der Waals surface area contributed by atoms with Crippen molar-refractivity contribution in [2.24, 2.45) is 0 Å². The summed E-state index contributed by atoms with van der Waals surface area (Å²) in [7, 11) is 1.36. The largest absolute Gasteiger partial charge is 0.418 e. The Bertz CT molecular complexity index is 1700. The molecule has 0 spiro atoms. The minimum Gasteiger partial charge on any atom is -0.386 e. The summed E-state index contributed by atoms with van der Waals surface area (Å²) in [5.41, 5.74) is -0.559. The molecule has 16 heteroatoms. The van der Waals surface area contributed by atoms with Crippen molar-refractivity contribution in [3.8, 4) is 11.4 Å². The van der Waals surface area contributed by atoms with Crippen LogP contribution < -0.4 is 21.6 Å². The van der Waals surface area contributed by atoms with Crippen molar-refractivity contribution in [3.63, 3.8) is 0 Å². The number of carbonyl (C=O) groups excluding carboxylic acids is 2. The van der Waals surface area contributed by atoms with Crippen LogP contribution in [0.5, 0.6) is 0 Å². The van der Waals surface area contributed by atoms with Crippen LogP contribution in [0.3, 0.4) is 0 Å². The van der Waals surface area contributed by atoms with Gasteiger partial charge in [-0.25, -0.2) is 14.3 Å². The van der Waals surface area contributed by atoms with Crippen LogP contribution in [0.15, 0.2) is 47.3 Å². The number of carbonyl (C=O) groups is 2. The third kappa shape index (κ3) is 8.10. The van der Waals surface area contributed by atoms with Gasteiger partial charge in [-0.15, -0.1) is 5.10 Å². The van der Waals surface area contributed by atoms with E-state index in [0.717, 1.165) is 50.7 Å². The van der Waals surface area contributed by atoms with Gasteiger partial charge in [0.15, 0.2) is 5.82 Å². The topological polar surface area (TPSA) is 131 Å². The minimum absolute atomic E-state index is 0.127. The number of piperidine rings is 2. The van der Waals surface area contributed by atoms with Crippen molar-refractivity contribution in [2.75, 3.05) is 64.7 Å². The minimum atomic E-state index is -4.69. The van der Waals surface area contributed by atoms with Crippen LogP contribution in [0.4, 0.5) is 23.7 Å². The number of amides is 3. The van der Waals surface area contributed by atoms with Crippen LogP contribution in [0.25, 0.3) is 11.4 Å². The van der Waals surface area contributed by atoms with Crippen LogP contribution in [-0.4, -0.2) is 113 Å². The van der Waals surface area contributed by atoms with Gasteiger partial charge in [0.1, 0.15) is 6.04 Å². The molecule has 1 aromatic heterocycles. The third-order valence-corrected chi connectivity index (χ3v) is 10.3. The predicted octanol–water partition coefficient (Wildman–Crippen LogP) is 3.81. The van der Waals surface area contributed by atoms with Gasteiger partial charge in [0.2, 0.25) is 5.91 Å². The maximum atomic E-state index is 14.0. The summed E-state index contributed by atoms with van der Waals surface area (Å²) in [5, 5.41) is 13.1. The second kappa shape index (κ2) is 15.4. The van der Waals surface area contributed by atoms with Gasteiger partial charge in [-0.1, -0.05) is 41.9 Å². The fourth-order valence-corrected chi connectivity index (χ4v) is 7.61. The van der Waals surface area contributed by atoms with Crippen LogP contribution in [0, 0.1) is 0 Å². The molecular formula is C34H43ClF3N9O3. The number of nitrogens with one attached hydrogen (secondary N) is 4. The highest BCUT2D eigenvalue weighted by atomic mass is 35.5. The number of aromatic nitrogens is 3. The normalized spacial score (nSPS) is 19.0. The highest BCUT2D eigenvalue weighted by Crippen LogP contribution is 2.39. The van der Waals surface area contributed by atoms with Gasteiger partial charge in [0, 0.05) is 77.4 Å². The fourth-order valence-electron chi connectivity index (χ4n) is 7.28. The molecule has 4 heterocycles. The zero-order valence-corrected chi connectivity index (χ0v) is 28.7. The van der Waals surface area contributed by atoms with Gasteiger partial charge in [0.25, 0.3) is 0 Å². The Hall–Kier alpha value is -4.08. The molecule has 3 aliphatic heterocycles. The first-order valence-electron chi connectivity index (χ1n) is 17.1. The first-order chi connectivity index (χ1) is 24.0. The fraction of sp³-hybridized carbons (Fsp3) is 0.529. The molecular weight excluding hydrogens is 675 g/mol. The van der Waals surface area contributed by atoms with Crippen molar-refractivity contribution in [2.45, 2.75) is 56.4 Å². The van der Waals surface area contributed by atoms with Gasteiger partial charge in [-0.3, -0.25) is 14.7 Å². The van der Waals surface area contributed by atoms with E-state index in [1.807, 2.05) is 30.3 Å². The summed E-state index contributed by atoms with van der Waals surface area (Å²) in [6.07, 6.45) is -2.38. The summed E-state index contributed by atoms with van der Waals surface area (Å²) in [6.45, 7) is 5.31. The summed E-state index contributed by atoms with van der Waals surface area (Å²) in [6, 6.07) is 10.2. The van der Waals surface area contributed by atoms with E-state index < -0.39 is 23.8 Å². The number of piperazine rings is 1. The maximum absolute atomic E-state index is 14.0. The summed E-state index contributed by atoms with van der Waals surface area (Å²) in [5.74, 6) is 0.122. The summed E-state index contributed by atoms with van der Waals surface area (Å²) < 4.78 is 43.4. The number of likely N-dealkylation sites (tertiary alicyclic amines) is 2. The van der Waals surface area contributed by atoms with E-state index in [4.69, 9.17) is 11.6 Å². The van der Waals surface area contributed by atoms with E-state index in [9.17, 15) is 27.6 Å². The molecule has 1 atom stereocenters. The second-order valence-electron chi connectivity index (χ2n) is 13.1. The van der Waals surface area contributed by atoms with Crippen molar-refractivity contribution in [3.05, 3.63) is 69.1 Å². The first kappa shape index (κ1) is 35.7. The van der Waals surface area contributed by atoms with Crippen LogP contribution in [0.1, 0.15) is 42.9 Å². The van der Waals surface area contributed by atoms with Gasteiger partial charge in [0.05, 0.1) is 22.3 Å². The number of H-pyrrole nitrogens is 1. The number of benzene rings is 2. The van der Waals surface area contributed by atoms with Crippen LogP contribution in [0.2, 0.25) is 5.02 Å². The predicted molar refractivity (Wildman–Crippen MR) is 184 cm³/mol. The van der Waals surface area contributed by atoms with Gasteiger partial charge >= 0.3 is 17.9 Å². The second-order valence-corrected chi connectivity index (χ2v) is 13.5. The Morgan fingerprint density at radius 3 is 2.24 bits per heavy atom. The van der Waals surface area contributed by atoms with E-state index in [-0.39, 0.29) is 40.3 Å². The smallest absolute Gasteiger partial charge is 0.386 e. The number of alkyl halides is 3. The molecule has 270 valence electrons. The Balaban J connectivity index is 1.15. The van der Waals surface area contributed by atoms with Crippen molar-refractivity contribution >= 4 is 29.2 Å². The quantitative estimate of drug-likeness (QED) is 0.279. The molecule has 3 saturated heterocycles. The molecule has 2 aromatic carbocycles. The lowest BCUT2D eigenvalue weighted by Gasteiger charge is -2.41. The van der Waals surface area contributed by atoms with Crippen LogP contribution in [-0.2, 0) is 17.4 Å². The molecule has 12 nitrogen and oxygen atoms in total. The number of hydrogen-bond donors (Lipinski definition) is 4. The number of anilines is 1. The van der Waals surface area contributed by atoms with Gasteiger partial charge in [-0.05, 0) is 43.4 Å². The van der Waals surface area contributed by atoms with Gasteiger partial charge < -0.3 is 25.8 Å². The van der Waals surface area contributed by atoms with E-state index in [0.29, 0.717) is 50.9 Å². The summed E-state index contributed by atoms with van der Waals surface area (Å²) in [4.78, 5) is 49.0. The average molecular weight is 718 g/mol. The molecule has 0 aliphatic carbocycles. The zero-order chi connectivity index (χ0) is 35.4. The van der Waals surface area contributed by atoms with E-state index in [1.165, 1.54) is 17.8 Å². The van der Waals surface area contributed by atoms with Crippen molar-refractivity contribution in [1.29, 1.82) is 0 Å². The van der Waals surface area contributed by atoms with E-state index >= 15 is 0 Å². The number of nitrogens with zero attached hydrogens (tertiary/aromatic N) is 5.